The summed E-state index contributed by atoms with van der Waals surface area (Å²) in [7, 11) is 0. The van der Waals surface area contributed by atoms with Crippen molar-refractivity contribution in [3.8, 4) is 0 Å². The Hall–Kier alpha value is -0.750. The number of hydrogen-bond donors (Lipinski definition) is 1. The fourth-order valence-corrected chi connectivity index (χ4v) is 1.37. The van der Waals surface area contributed by atoms with E-state index in [1.807, 2.05) is 0 Å². The first-order valence-corrected chi connectivity index (χ1v) is 4.65. The maximum absolute atomic E-state index is 11.2. The summed E-state index contributed by atoms with van der Waals surface area (Å²) < 4.78 is 5.11. The molecule has 13 heavy (non-hydrogen) atoms. The van der Waals surface area contributed by atoms with Crippen LogP contribution in [0.2, 0.25) is 0 Å². The molecule has 72 valence electrons. The summed E-state index contributed by atoms with van der Waals surface area (Å²) in [4.78, 5) is 26.8. The molecule has 2 heterocycles. The van der Waals surface area contributed by atoms with Gasteiger partial charge in [0.05, 0.1) is 5.75 Å². The minimum absolute atomic E-state index is 0.0405. The van der Waals surface area contributed by atoms with E-state index in [0.717, 1.165) is 11.5 Å². The Labute approximate surface area is 80.3 Å². The molecule has 2 atom stereocenters. The van der Waals surface area contributed by atoms with Crippen molar-refractivity contribution in [1.82, 2.24) is 5.06 Å². The molecule has 0 aromatic heterocycles. The minimum atomic E-state index is -0.534. The Kier molecular flexibility index (Phi) is 2.17. The molecule has 0 N–H and O–H groups in total. The van der Waals surface area contributed by atoms with Crippen molar-refractivity contribution in [1.29, 1.82) is 0 Å². The van der Waals surface area contributed by atoms with Gasteiger partial charge in [-0.05, 0) is 6.42 Å². The Morgan fingerprint density at radius 3 is 3.23 bits per heavy atom. The minimum Gasteiger partial charge on any atom is -0.344 e. The largest absolute Gasteiger partial charge is 0.344 e. The molecular formula is C7H9NO4S. The summed E-state index contributed by atoms with van der Waals surface area (Å²) in [6.07, 6.45) is 0.815. The lowest BCUT2D eigenvalue weighted by Gasteiger charge is -2.21. The Bertz CT molecular complexity index is 257. The van der Waals surface area contributed by atoms with E-state index < -0.39 is 5.97 Å². The SMILES string of the molecule is O=C(CS)ON1C(=O)CCC2OC21. The molecule has 2 aliphatic heterocycles. The Balaban J connectivity index is 1.96. The number of fused-ring (bicyclic) bond motifs is 1. The quantitative estimate of drug-likeness (QED) is 0.495. The van der Waals surface area contributed by atoms with Crippen molar-refractivity contribution in [3.63, 3.8) is 0 Å². The fourth-order valence-electron chi connectivity index (χ4n) is 1.31. The zero-order chi connectivity index (χ0) is 9.42. The highest BCUT2D eigenvalue weighted by Gasteiger charge is 2.51. The lowest BCUT2D eigenvalue weighted by molar-refractivity contribution is -0.205. The normalized spacial score (nSPS) is 31.2. The van der Waals surface area contributed by atoms with Crippen molar-refractivity contribution in [2.75, 3.05) is 5.75 Å². The van der Waals surface area contributed by atoms with Gasteiger partial charge in [0.1, 0.15) is 6.10 Å². The summed E-state index contributed by atoms with van der Waals surface area (Å²) in [6, 6.07) is 0. The predicted molar refractivity (Wildman–Crippen MR) is 44.7 cm³/mol. The molecule has 2 unspecified atom stereocenters. The molecule has 0 spiro atoms. The standard InChI is InChI=1S/C7H9NO4S/c9-5-2-1-4-7(11-4)8(5)12-6(10)3-13/h4,7,13H,1-3H2. The topological polar surface area (TPSA) is 59.1 Å². The number of rotatable bonds is 2. The molecule has 0 radical (unpaired) electrons. The van der Waals surface area contributed by atoms with Gasteiger partial charge in [-0.2, -0.15) is 12.6 Å². The lowest BCUT2D eigenvalue weighted by Crippen LogP contribution is -2.40. The van der Waals surface area contributed by atoms with Crippen LogP contribution in [0, 0.1) is 0 Å². The van der Waals surface area contributed by atoms with Crippen molar-refractivity contribution in [2.45, 2.75) is 25.2 Å². The molecule has 2 aliphatic rings. The van der Waals surface area contributed by atoms with Gasteiger partial charge in [0.25, 0.3) is 5.91 Å². The van der Waals surface area contributed by atoms with E-state index in [0.29, 0.717) is 6.42 Å². The molecule has 0 aromatic carbocycles. The van der Waals surface area contributed by atoms with Crippen molar-refractivity contribution in [3.05, 3.63) is 0 Å². The number of hydrogen-bond acceptors (Lipinski definition) is 5. The van der Waals surface area contributed by atoms with E-state index >= 15 is 0 Å². The molecule has 6 heteroatoms. The second kappa shape index (κ2) is 3.19. The number of carbonyl (C=O) groups excluding carboxylic acids is 2. The van der Waals surface area contributed by atoms with Crippen LogP contribution in [0.1, 0.15) is 12.8 Å². The van der Waals surface area contributed by atoms with Gasteiger partial charge in [-0.15, -0.1) is 5.06 Å². The average molecular weight is 203 g/mol. The molecule has 2 fully saturated rings. The second-order valence-corrected chi connectivity index (χ2v) is 3.26. The molecule has 2 saturated heterocycles. The van der Waals surface area contributed by atoms with Crippen LogP contribution in [0.3, 0.4) is 0 Å². The highest BCUT2D eigenvalue weighted by Crippen LogP contribution is 2.35. The van der Waals surface area contributed by atoms with Gasteiger partial charge in [-0.25, -0.2) is 4.79 Å². The van der Waals surface area contributed by atoms with Gasteiger partial charge in [-0.3, -0.25) is 4.79 Å². The fraction of sp³-hybridized carbons (Fsp3) is 0.714. The van der Waals surface area contributed by atoms with E-state index in [-0.39, 0.29) is 24.0 Å². The third-order valence-electron chi connectivity index (χ3n) is 2.00. The van der Waals surface area contributed by atoms with Gasteiger partial charge in [0, 0.05) is 6.42 Å². The number of thiol groups is 1. The number of amides is 1. The summed E-state index contributed by atoms with van der Waals surface area (Å²) >= 11 is 3.73. The van der Waals surface area contributed by atoms with Gasteiger partial charge < -0.3 is 9.57 Å². The number of hydroxylamine groups is 2. The van der Waals surface area contributed by atoms with Crippen molar-refractivity contribution in [2.24, 2.45) is 0 Å². The first kappa shape index (κ1) is 8.83. The monoisotopic (exact) mass is 203 g/mol. The van der Waals surface area contributed by atoms with E-state index in [1.54, 1.807) is 0 Å². The maximum atomic E-state index is 11.2. The van der Waals surface area contributed by atoms with E-state index in [2.05, 4.69) is 12.6 Å². The van der Waals surface area contributed by atoms with Gasteiger partial charge in [0.15, 0.2) is 6.23 Å². The van der Waals surface area contributed by atoms with Crippen LogP contribution in [-0.2, 0) is 19.2 Å². The molecule has 2 rings (SSSR count). The molecule has 1 amide bonds. The predicted octanol–water partition coefficient (Wildman–Crippen LogP) is -0.278. The number of epoxide rings is 1. The zero-order valence-corrected chi connectivity index (χ0v) is 7.70. The summed E-state index contributed by atoms with van der Waals surface area (Å²) in [5.41, 5.74) is 0. The Morgan fingerprint density at radius 2 is 2.54 bits per heavy atom. The third kappa shape index (κ3) is 1.64. The van der Waals surface area contributed by atoms with Crippen molar-refractivity contribution < 1.29 is 19.2 Å². The second-order valence-electron chi connectivity index (χ2n) is 2.94. The highest BCUT2D eigenvalue weighted by atomic mass is 32.1. The first-order valence-electron chi connectivity index (χ1n) is 4.01. The highest BCUT2D eigenvalue weighted by molar-refractivity contribution is 7.81. The summed E-state index contributed by atoms with van der Waals surface area (Å²) in [6.45, 7) is 0. The number of ether oxygens (including phenoxy) is 1. The number of nitrogens with zero attached hydrogens (tertiary/aromatic N) is 1. The molecule has 0 saturated carbocycles. The van der Waals surface area contributed by atoms with E-state index in [4.69, 9.17) is 9.57 Å². The van der Waals surface area contributed by atoms with Crippen LogP contribution in [0.4, 0.5) is 0 Å². The third-order valence-corrected chi connectivity index (χ3v) is 2.26. The van der Waals surface area contributed by atoms with Crippen LogP contribution >= 0.6 is 12.6 Å². The Morgan fingerprint density at radius 1 is 1.77 bits per heavy atom. The van der Waals surface area contributed by atoms with Gasteiger partial charge in [-0.1, -0.05) is 0 Å². The summed E-state index contributed by atoms with van der Waals surface area (Å²) in [5, 5.41) is 1.02. The number of piperidine rings is 1. The smallest absolute Gasteiger partial charge is 0.342 e. The first-order chi connectivity index (χ1) is 6.22. The average Bonchev–Trinajstić information content (AvgIpc) is 2.88. The number of carbonyl (C=O) groups is 2. The molecular weight excluding hydrogens is 194 g/mol. The van der Waals surface area contributed by atoms with Crippen molar-refractivity contribution >= 4 is 24.5 Å². The van der Waals surface area contributed by atoms with Crippen LogP contribution in [0.15, 0.2) is 0 Å². The van der Waals surface area contributed by atoms with E-state index in [9.17, 15) is 9.59 Å². The molecule has 0 aromatic rings. The van der Waals surface area contributed by atoms with Crippen LogP contribution in [-0.4, -0.2) is 35.0 Å². The van der Waals surface area contributed by atoms with E-state index in [1.165, 1.54) is 0 Å². The molecule has 5 nitrogen and oxygen atoms in total. The van der Waals surface area contributed by atoms with Crippen LogP contribution < -0.4 is 0 Å². The van der Waals surface area contributed by atoms with Crippen LogP contribution in [0.5, 0.6) is 0 Å². The van der Waals surface area contributed by atoms with Gasteiger partial charge in [0.2, 0.25) is 0 Å². The van der Waals surface area contributed by atoms with Gasteiger partial charge >= 0.3 is 5.97 Å². The zero-order valence-electron chi connectivity index (χ0n) is 6.80. The summed E-state index contributed by atoms with van der Waals surface area (Å²) in [5.74, 6) is -0.775. The molecule has 0 aliphatic carbocycles. The lowest BCUT2D eigenvalue weighted by atomic mass is 10.1. The molecule has 0 bridgehead atoms. The van der Waals surface area contributed by atoms with Crippen LogP contribution in [0.25, 0.3) is 0 Å². The maximum Gasteiger partial charge on any atom is 0.342 e.